The van der Waals surface area contributed by atoms with E-state index in [1.807, 2.05) is 0 Å². The van der Waals surface area contributed by atoms with Crippen molar-refractivity contribution in [3.63, 3.8) is 0 Å². The Balaban J connectivity index is 1.29. The van der Waals surface area contributed by atoms with Crippen molar-refractivity contribution in [2.75, 3.05) is 46.2 Å². The minimum atomic E-state index is -2.32. The van der Waals surface area contributed by atoms with Crippen LogP contribution in [0.5, 0.6) is 0 Å². The van der Waals surface area contributed by atoms with Crippen LogP contribution >= 0.6 is 0 Å². The van der Waals surface area contributed by atoms with Crippen molar-refractivity contribution in [3.8, 4) is 0 Å². The number of amides is 2. The van der Waals surface area contributed by atoms with Crippen LogP contribution in [0.2, 0.25) is 0 Å². The third kappa shape index (κ3) is 14.4. The van der Waals surface area contributed by atoms with Crippen LogP contribution in [0.1, 0.15) is 13.8 Å². The molecule has 7 heterocycles. The number of carbonyl (C=O) groups excluding carboxylic acids is 2. The molecule has 22 N–H and O–H groups in total. The molecule has 37 heteroatoms. The van der Waals surface area contributed by atoms with Crippen molar-refractivity contribution in [1.29, 1.82) is 0 Å². The standard InChI is InChI=1S/C45H76N2O35/c1-10(53)46-19-26(61)34(16(6-51)72-39(19)69)78-40-20(47-11(2)54)27(62)35(17(7-52)76-40)79-45-38(82-42-31(66)21(56)12(55)8-70-42)36(25(60)18(77-45)9-71-41-32(67)28(63)22(57)13(3-48)73-41)80-44-37(30(65)24(59)15(5-50)75-44)81-43-33(68)29(64)23(58)14(4-49)74-43/h12-45,48-52,55-69H,3-9H2,1-2H3,(H,46,53)(H,47,54)/t12-,13-,14-,15-,16-,17-,18-,19-,20-,21+,22-,23+,24-,25-,26-,27-,28+,29+,30+,31-,32+,33-,34-,35-,36+,37+,38+,39?,40+,41+,42+,43+,44-,45+/m1/s1. The van der Waals surface area contributed by atoms with Gasteiger partial charge in [-0.2, -0.15) is 0 Å². The van der Waals surface area contributed by atoms with Gasteiger partial charge in [0.05, 0.1) is 46.2 Å². The van der Waals surface area contributed by atoms with E-state index in [9.17, 15) is 112 Å². The summed E-state index contributed by atoms with van der Waals surface area (Å²) >= 11 is 0. The van der Waals surface area contributed by atoms with E-state index in [4.69, 9.17) is 61.6 Å². The number of carbonyl (C=O) groups is 2. The number of ether oxygens (including phenoxy) is 13. The van der Waals surface area contributed by atoms with Gasteiger partial charge >= 0.3 is 0 Å². The van der Waals surface area contributed by atoms with Crippen LogP contribution in [-0.2, 0) is 71.2 Å². The van der Waals surface area contributed by atoms with E-state index in [0.29, 0.717) is 0 Å². The zero-order valence-corrected chi connectivity index (χ0v) is 43.6. The highest BCUT2D eigenvalue weighted by Crippen LogP contribution is 2.39. The molecule has 0 bridgehead atoms. The second-order valence-electron chi connectivity index (χ2n) is 20.6. The van der Waals surface area contributed by atoms with Gasteiger partial charge in [0, 0.05) is 13.8 Å². The minimum absolute atomic E-state index is 0.750. The molecule has 0 aromatic carbocycles. The SMILES string of the molecule is CC(=O)N[C@H]1[C@H](O[C@H]2[C@H](O)[C@@H](NC(C)=O)C(O)O[C@@H]2CO)O[C@H](CO)[C@@H](O[C@@H]2O[C@H](CO[C@H]3O[C@H](CO)[C@@H](O)[C@H](O)[C@@H]3O)[C@@H](O)[C@H](O[C@H]3O[C@H](CO)[C@@H](O)[C@H](O)[C@@H]3O[C@@H]3O[C@H](CO)[C@H](O)[C@H](O)[C@H]3O)[C@@H]2O[C@@H]2OC[C@@H](O)[C@H](O)[C@H]2O)[C@@H]1O. The molecule has 1 unspecified atom stereocenters. The lowest BCUT2D eigenvalue weighted by atomic mass is 9.93. The topological polar surface area (TPSA) is 583 Å². The quantitative estimate of drug-likeness (QED) is 0.0538. The Labute approximate surface area is 464 Å². The number of nitrogens with one attached hydrogen (secondary N) is 2. The fraction of sp³-hybridized carbons (Fsp3) is 0.956. The first-order chi connectivity index (χ1) is 38.8. The molecular formula is C45H76N2O35. The van der Waals surface area contributed by atoms with Crippen molar-refractivity contribution >= 4 is 11.8 Å². The Morgan fingerprint density at radius 1 is 0.366 bits per heavy atom. The Bertz CT molecular complexity index is 2010. The van der Waals surface area contributed by atoms with Gasteiger partial charge < -0.3 is 174 Å². The van der Waals surface area contributed by atoms with Crippen LogP contribution in [0.25, 0.3) is 0 Å². The van der Waals surface area contributed by atoms with E-state index in [1.54, 1.807) is 0 Å². The van der Waals surface area contributed by atoms with Crippen LogP contribution in [0.15, 0.2) is 0 Å². The number of rotatable bonds is 20. The summed E-state index contributed by atoms with van der Waals surface area (Å²) in [6, 6.07) is -3.45. The molecule has 0 aliphatic carbocycles. The van der Waals surface area contributed by atoms with Crippen LogP contribution in [0.3, 0.4) is 0 Å². The molecule has 7 aliphatic rings. The highest BCUT2D eigenvalue weighted by atomic mass is 16.8. The first-order valence-electron chi connectivity index (χ1n) is 26.0. The van der Waals surface area contributed by atoms with Crippen molar-refractivity contribution in [2.45, 2.75) is 223 Å². The molecule has 7 fully saturated rings. The van der Waals surface area contributed by atoms with Gasteiger partial charge in [0.2, 0.25) is 11.8 Å². The zero-order valence-electron chi connectivity index (χ0n) is 43.6. The Morgan fingerprint density at radius 3 is 1.33 bits per heavy atom. The van der Waals surface area contributed by atoms with Crippen LogP contribution in [0, 0.1) is 0 Å². The summed E-state index contributed by atoms with van der Waals surface area (Å²) in [6.45, 7) is -4.83. The minimum Gasteiger partial charge on any atom is -0.394 e. The van der Waals surface area contributed by atoms with Crippen molar-refractivity contribution in [1.82, 2.24) is 10.6 Å². The summed E-state index contributed by atoms with van der Waals surface area (Å²) in [4.78, 5) is 24.8. The summed E-state index contributed by atoms with van der Waals surface area (Å²) in [6.07, 6.45) is -64.5. The molecule has 34 atom stereocenters. The maximum absolute atomic E-state index is 12.8. The van der Waals surface area contributed by atoms with Gasteiger partial charge in [-0.15, -0.1) is 0 Å². The number of hydrogen-bond donors (Lipinski definition) is 22. The largest absolute Gasteiger partial charge is 0.394 e. The van der Waals surface area contributed by atoms with E-state index < -0.39 is 267 Å². The van der Waals surface area contributed by atoms with Gasteiger partial charge in [-0.3, -0.25) is 9.59 Å². The maximum Gasteiger partial charge on any atom is 0.217 e. The zero-order chi connectivity index (χ0) is 60.3. The van der Waals surface area contributed by atoms with E-state index in [0.717, 1.165) is 13.8 Å². The molecule has 7 rings (SSSR count). The van der Waals surface area contributed by atoms with Crippen LogP contribution in [0.4, 0.5) is 0 Å². The second-order valence-corrected chi connectivity index (χ2v) is 20.6. The summed E-state index contributed by atoms with van der Waals surface area (Å²) in [5.41, 5.74) is 0. The molecular weight excluding hydrogens is 1130 g/mol. The number of aliphatic hydroxyl groups excluding tert-OH is 20. The van der Waals surface area contributed by atoms with Crippen molar-refractivity contribution in [3.05, 3.63) is 0 Å². The molecule has 37 nitrogen and oxygen atoms in total. The smallest absolute Gasteiger partial charge is 0.217 e. The fourth-order valence-corrected chi connectivity index (χ4v) is 10.4. The number of hydrogen-bond acceptors (Lipinski definition) is 35. The summed E-state index contributed by atoms with van der Waals surface area (Å²) in [5, 5.41) is 221. The summed E-state index contributed by atoms with van der Waals surface area (Å²) < 4.78 is 76.1. The van der Waals surface area contributed by atoms with Crippen LogP contribution < -0.4 is 10.6 Å². The van der Waals surface area contributed by atoms with Gasteiger partial charge in [-0.25, -0.2) is 0 Å². The average molecular weight is 1210 g/mol. The predicted octanol–water partition coefficient (Wildman–Crippen LogP) is -15.3. The molecule has 0 aromatic heterocycles. The van der Waals surface area contributed by atoms with Crippen molar-refractivity contribution < 1.29 is 173 Å². The fourth-order valence-electron chi connectivity index (χ4n) is 10.4. The average Bonchev–Trinajstić information content (AvgIpc) is 3.56. The van der Waals surface area contributed by atoms with Crippen LogP contribution in [-0.4, -0.2) is 369 Å². The first-order valence-corrected chi connectivity index (χ1v) is 26.0. The molecule has 2 amide bonds. The summed E-state index contributed by atoms with van der Waals surface area (Å²) in [5.74, 6) is -1.64. The van der Waals surface area contributed by atoms with Gasteiger partial charge in [0.15, 0.2) is 44.0 Å². The molecule has 0 spiro atoms. The molecule has 7 saturated heterocycles. The molecule has 7 aliphatic heterocycles. The van der Waals surface area contributed by atoms with Gasteiger partial charge in [0.1, 0.15) is 165 Å². The Morgan fingerprint density at radius 2 is 0.768 bits per heavy atom. The lowest BCUT2D eigenvalue weighted by molar-refractivity contribution is -0.412. The van der Waals surface area contributed by atoms with E-state index in [-0.39, 0.29) is 0 Å². The molecule has 0 radical (unpaired) electrons. The number of aliphatic hydroxyl groups is 20. The van der Waals surface area contributed by atoms with Gasteiger partial charge in [0.25, 0.3) is 0 Å². The lowest BCUT2D eigenvalue weighted by Gasteiger charge is -2.52. The Kier molecular flexibility index (Phi) is 23.8. The van der Waals surface area contributed by atoms with Gasteiger partial charge in [-0.05, 0) is 0 Å². The third-order valence-corrected chi connectivity index (χ3v) is 14.9. The Hall–Kier alpha value is -2.38. The molecule has 82 heavy (non-hydrogen) atoms. The maximum atomic E-state index is 12.8. The highest BCUT2D eigenvalue weighted by molar-refractivity contribution is 5.73. The monoisotopic (exact) mass is 1200 g/mol. The van der Waals surface area contributed by atoms with E-state index >= 15 is 0 Å². The molecule has 0 saturated carbocycles. The third-order valence-electron chi connectivity index (χ3n) is 14.9. The van der Waals surface area contributed by atoms with E-state index in [2.05, 4.69) is 10.6 Å². The second kappa shape index (κ2) is 29.1. The van der Waals surface area contributed by atoms with E-state index in [1.165, 1.54) is 0 Å². The lowest BCUT2D eigenvalue weighted by Crippen LogP contribution is -2.71. The normalized spacial score (nSPS) is 50.4. The molecule has 0 aromatic rings. The highest BCUT2D eigenvalue weighted by Gasteiger charge is 2.59. The van der Waals surface area contributed by atoms with Gasteiger partial charge in [-0.1, -0.05) is 0 Å². The predicted molar refractivity (Wildman–Crippen MR) is 249 cm³/mol. The van der Waals surface area contributed by atoms with Crippen molar-refractivity contribution in [2.24, 2.45) is 0 Å². The summed E-state index contributed by atoms with van der Waals surface area (Å²) in [7, 11) is 0. The first kappa shape index (κ1) is 67.1. The molecule has 476 valence electrons.